The highest BCUT2D eigenvalue weighted by Gasteiger charge is 2.11. The number of amides is 1. The molecule has 1 aromatic carbocycles. The van der Waals surface area contributed by atoms with Gasteiger partial charge in [0.15, 0.2) is 0 Å². The van der Waals surface area contributed by atoms with Crippen molar-refractivity contribution in [1.82, 2.24) is 0 Å². The van der Waals surface area contributed by atoms with E-state index >= 15 is 0 Å². The normalized spacial score (nSPS) is 12.3. The Morgan fingerprint density at radius 1 is 1.47 bits per heavy atom. The first-order chi connectivity index (χ1) is 7.04. The maximum Gasteiger partial charge on any atom is 0.241 e. The molecule has 0 spiro atoms. The highest BCUT2D eigenvalue weighted by atomic mass is 16.2. The van der Waals surface area contributed by atoms with Gasteiger partial charge in [0.1, 0.15) is 0 Å². The third-order valence-electron chi connectivity index (χ3n) is 2.42. The smallest absolute Gasteiger partial charge is 0.241 e. The molecule has 0 radical (unpaired) electrons. The average molecular weight is 206 g/mol. The van der Waals surface area contributed by atoms with E-state index in [-0.39, 0.29) is 5.91 Å². The van der Waals surface area contributed by atoms with Gasteiger partial charge in [0.25, 0.3) is 0 Å². The van der Waals surface area contributed by atoms with Crippen molar-refractivity contribution in [3.63, 3.8) is 0 Å². The molecule has 0 bridgehead atoms. The van der Waals surface area contributed by atoms with Crippen molar-refractivity contribution in [3.05, 3.63) is 29.3 Å². The van der Waals surface area contributed by atoms with Gasteiger partial charge in [-0.25, -0.2) is 0 Å². The number of nitrogens with two attached hydrogens (primary N) is 1. The van der Waals surface area contributed by atoms with E-state index in [0.717, 1.165) is 11.3 Å². The van der Waals surface area contributed by atoms with Crippen LogP contribution < -0.4 is 11.1 Å². The third kappa shape index (κ3) is 3.06. The summed E-state index contributed by atoms with van der Waals surface area (Å²) in [5.41, 5.74) is 8.72. The molecule has 0 aromatic heterocycles. The molecule has 0 fully saturated rings. The molecule has 0 saturated heterocycles. The average Bonchev–Trinajstić information content (AvgIpc) is 2.20. The molecule has 1 atom stereocenters. The zero-order valence-corrected chi connectivity index (χ0v) is 9.50. The predicted molar refractivity (Wildman–Crippen MR) is 62.8 cm³/mol. The van der Waals surface area contributed by atoms with Crippen LogP contribution in [-0.4, -0.2) is 11.9 Å². The highest BCUT2D eigenvalue weighted by Crippen LogP contribution is 2.16. The first kappa shape index (κ1) is 11.7. The summed E-state index contributed by atoms with van der Waals surface area (Å²) in [6, 6.07) is 5.49. The summed E-state index contributed by atoms with van der Waals surface area (Å²) in [7, 11) is 0. The summed E-state index contributed by atoms with van der Waals surface area (Å²) >= 11 is 0. The summed E-state index contributed by atoms with van der Waals surface area (Å²) in [6.07, 6.45) is 0.650. The van der Waals surface area contributed by atoms with E-state index in [2.05, 4.69) is 5.32 Å². The Bertz CT molecular complexity index is 361. The molecule has 0 heterocycles. The fourth-order valence-electron chi connectivity index (χ4n) is 1.36. The number of aryl methyl sites for hydroxylation is 2. The van der Waals surface area contributed by atoms with Crippen LogP contribution in [0.5, 0.6) is 0 Å². The highest BCUT2D eigenvalue weighted by molar-refractivity contribution is 5.95. The molecule has 0 saturated carbocycles. The lowest BCUT2D eigenvalue weighted by atomic mass is 10.1. The summed E-state index contributed by atoms with van der Waals surface area (Å²) in [5.74, 6) is -0.121. The molecular weight excluding hydrogens is 188 g/mol. The Morgan fingerprint density at radius 3 is 2.67 bits per heavy atom. The van der Waals surface area contributed by atoms with Gasteiger partial charge in [-0.15, -0.1) is 0 Å². The molecule has 15 heavy (non-hydrogen) atoms. The van der Waals surface area contributed by atoms with Gasteiger partial charge < -0.3 is 11.1 Å². The second-order valence-corrected chi connectivity index (χ2v) is 3.82. The maximum absolute atomic E-state index is 11.5. The lowest BCUT2D eigenvalue weighted by Crippen LogP contribution is -2.34. The summed E-state index contributed by atoms with van der Waals surface area (Å²) in [5, 5.41) is 2.82. The van der Waals surface area contributed by atoms with Crippen molar-refractivity contribution in [1.29, 1.82) is 0 Å². The van der Waals surface area contributed by atoms with Gasteiger partial charge in [-0.3, -0.25) is 4.79 Å². The van der Waals surface area contributed by atoms with Crippen molar-refractivity contribution in [2.45, 2.75) is 33.2 Å². The summed E-state index contributed by atoms with van der Waals surface area (Å²) < 4.78 is 0. The third-order valence-corrected chi connectivity index (χ3v) is 2.42. The second kappa shape index (κ2) is 4.94. The number of anilines is 1. The van der Waals surface area contributed by atoms with E-state index in [0.29, 0.717) is 6.42 Å². The molecule has 3 heteroatoms. The van der Waals surface area contributed by atoms with Gasteiger partial charge in [-0.2, -0.15) is 0 Å². The Balaban J connectivity index is 2.77. The molecule has 3 N–H and O–H groups in total. The number of rotatable bonds is 3. The van der Waals surface area contributed by atoms with Crippen LogP contribution in [0.3, 0.4) is 0 Å². The molecule has 0 unspecified atom stereocenters. The second-order valence-electron chi connectivity index (χ2n) is 3.82. The summed E-state index contributed by atoms with van der Waals surface area (Å²) in [6.45, 7) is 5.89. The fourth-order valence-corrected chi connectivity index (χ4v) is 1.36. The van der Waals surface area contributed by atoms with E-state index in [1.807, 2.05) is 39.0 Å². The van der Waals surface area contributed by atoms with E-state index in [1.54, 1.807) is 0 Å². The monoisotopic (exact) mass is 206 g/mol. The van der Waals surface area contributed by atoms with E-state index < -0.39 is 6.04 Å². The lowest BCUT2D eigenvalue weighted by molar-refractivity contribution is -0.117. The molecule has 0 aliphatic carbocycles. The van der Waals surface area contributed by atoms with Crippen LogP contribution in [0.4, 0.5) is 5.69 Å². The molecule has 1 rings (SSSR count). The predicted octanol–water partition coefficient (Wildman–Crippen LogP) is 1.98. The van der Waals surface area contributed by atoms with Gasteiger partial charge in [-0.1, -0.05) is 24.6 Å². The van der Waals surface area contributed by atoms with Crippen molar-refractivity contribution in [2.75, 3.05) is 5.32 Å². The number of benzene rings is 1. The molecular formula is C12H18N2O. The molecule has 3 nitrogen and oxygen atoms in total. The van der Waals surface area contributed by atoms with Crippen molar-refractivity contribution in [2.24, 2.45) is 5.73 Å². The van der Waals surface area contributed by atoms with Gasteiger partial charge in [0.05, 0.1) is 6.04 Å². The largest absolute Gasteiger partial charge is 0.324 e. The lowest BCUT2D eigenvalue weighted by Gasteiger charge is -2.12. The van der Waals surface area contributed by atoms with Crippen molar-refractivity contribution >= 4 is 11.6 Å². The van der Waals surface area contributed by atoms with Crippen molar-refractivity contribution < 1.29 is 4.79 Å². The maximum atomic E-state index is 11.5. The van der Waals surface area contributed by atoms with E-state index in [4.69, 9.17) is 5.73 Å². The number of hydrogen-bond acceptors (Lipinski definition) is 2. The Labute approximate surface area is 90.7 Å². The van der Waals surface area contributed by atoms with Gasteiger partial charge in [0.2, 0.25) is 5.91 Å². The van der Waals surface area contributed by atoms with Crippen LogP contribution >= 0.6 is 0 Å². The minimum atomic E-state index is -0.425. The quantitative estimate of drug-likeness (QED) is 0.794. The first-order valence-electron chi connectivity index (χ1n) is 5.18. The number of hydrogen-bond donors (Lipinski definition) is 2. The molecule has 0 aliphatic rings. The van der Waals surface area contributed by atoms with Crippen LogP contribution in [-0.2, 0) is 4.79 Å². The topological polar surface area (TPSA) is 55.1 Å². The zero-order chi connectivity index (χ0) is 11.4. The zero-order valence-electron chi connectivity index (χ0n) is 9.50. The fraction of sp³-hybridized carbons (Fsp3) is 0.417. The Kier molecular flexibility index (Phi) is 3.86. The van der Waals surface area contributed by atoms with Crippen LogP contribution in [0.1, 0.15) is 24.5 Å². The number of carbonyl (C=O) groups is 1. The number of carbonyl (C=O) groups excluding carboxylic acids is 1. The molecule has 0 aliphatic heterocycles. The molecule has 1 aromatic rings. The van der Waals surface area contributed by atoms with Crippen molar-refractivity contribution in [3.8, 4) is 0 Å². The van der Waals surface area contributed by atoms with Crippen LogP contribution in [0.25, 0.3) is 0 Å². The Morgan fingerprint density at radius 2 is 2.13 bits per heavy atom. The molecule has 82 valence electrons. The van der Waals surface area contributed by atoms with E-state index in [9.17, 15) is 4.79 Å². The van der Waals surface area contributed by atoms with Crippen LogP contribution in [0.15, 0.2) is 18.2 Å². The molecule has 1 amide bonds. The number of nitrogens with one attached hydrogen (secondary N) is 1. The van der Waals surface area contributed by atoms with Gasteiger partial charge in [0, 0.05) is 5.69 Å². The SMILES string of the molecule is CC[C@@H](N)C(=O)Nc1ccc(C)cc1C. The van der Waals surface area contributed by atoms with Crippen LogP contribution in [0, 0.1) is 13.8 Å². The minimum Gasteiger partial charge on any atom is -0.324 e. The van der Waals surface area contributed by atoms with E-state index in [1.165, 1.54) is 5.56 Å². The van der Waals surface area contributed by atoms with Gasteiger partial charge >= 0.3 is 0 Å². The minimum absolute atomic E-state index is 0.121. The standard InChI is InChI=1S/C12H18N2O/c1-4-10(13)12(15)14-11-6-5-8(2)7-9(11)3/h5-7,10H,4,13H2,1-3H3,(H,14,15)/t10-/m1/s1. The van der Waals surface area contributed by atoms with Crippen LogP contribution in [0.2, 0.25) is 0 Å². The Hall–Kier alpha value is -1.35. The summed E-state index contributed by atoms with van der Waals surface area (Å²) in [4.78, 5) is 11.5. The van der Waals surface area contributed by atoms with Gasteiger partial charge in [-0.05, 0) is 31.9 Å². The first-order valence-corrected chi connectivity index (χ1v) is 5.18.